The van der Waals surface area contributed by atoms with Gasteiger partial charge in [0.15, 0.2) is 0 Å². The summed E-state index contributed by atoms with van der Waals surface area (Å²) in [7, 11) is 0. The largest absolute Gasteiger partial charge is 0.477 e. The molecule has 1 aromatic heterocycles. The molecule has 1 aromatic carbocycles. The molecule has 4 nitrogen and oxygen atoms in total. The summed E-state index contributed by atoms with van der Waals surface area (Å²) in [5.41, 5.74) is 0.449. The Morgan fingerprint density at radius 1 is 1.23 bits per heavy atom. The Bertz CT molecular complexity index is 847. The Hall–Kier alpha value is -2.17. The van der Waals surface area contributed by atoms with Crippen molar-refractivity contribution in [3.8, 4) is 0 Å². The van der Waals surface area contributed by atoms with Crippen LogP contribution in [0.25, 0.3) is 10.9 Å². The lowest BCUT2D eigenvalue weighted by Gasteiger charge is -2.26. The van der Waals surface area contributed by atoms with Crippen molar-refractivity contribution < 1.29 is 14.3 Å². The molecule has 0 unspecified atom stereocenters. The lowest BCUT2D eigenvalue weighted by atomic mass is 9.79. The van der Waals surface area contributed by atoms with Gasteiger partial charge in [-0.05, 0) is 49.3 Å². The Morgan fingerprint density at radius 2 is 1.95 bits per heavy atom. The molecule has 2 fully saturated rings. The number of halogens is 1. The van der Waals surface area contributed by atoms with Gasteiger partial charge in [0.1, 0.15) is 11.4 Å². The maximum absolute atomic E-state index is 14.4. The summed E-state index contributed by atoms with van der Waals surface area (Å²) in [6, 6.07) is 3.22. The summed E-state index contributed by atoms with van der Waals surface area (Å²) in [5.74, 6) is -1.42. The number of rotatable bonds is 3. The van der Waals surface area contributed by atoms with Crippen LogP contribution in [0.3, 0.4) is 0 Å². The minimum absolute atomic E-state index is 0.173. The lowest BCUT2D eigenvalue weighted by molar-refractivity contribution is 0.0695. The molecule has 0 spiro atoms. The summed E-state index contributed by atoms with van der Waals surface area (Å²) in [6.07, 6.45) is 6.41. The van der Waals surface area contributed by atoms with Crippen LogP contribution in [0, 0.1) is 5.82 Å². The normalized spacial score (nSPS) is 18.4. The van der Waals surface area contributed by atoms with E-state index in [-0.39, 0.29) is 28.7 Å². The van der Waals surface area contributed by atoms with Crippen molar-refractivity contribution in [1.29, 1.82) is 0 Å². The summed E-state index contributed by atoms with van der Waals surface area (Å²) >= 11 is 0. The molecular weight excluding hydrogens is 285 g/mol. The van der Waals surface area contributed by atoms with Crippen LogP contribution in [-0.2, 0) is 0 Å². The Labute approximate surface area is 126 Å². The average molecular weight is 301 g/mol. The van der Waals surface area contributed by atoms with Crippen LogP contribution < -0.4 is 5.43 Å². The van der Waals surface area contributed by atoms with Crippen molar-refractivity contribution in [2.24, 2.45) is 0 Å². The van der Waals surface area contributed by atoms with E-state index in [1.54, 1.807) is 6.07 Å². The number of carboxylic acids is 1. The molecule has 2 aliphatic rings. The number of benzene rings is 1. The zero-order valence-corrected chi connectivity index (χ0v) is 12.0. The second-order valence-electron chi connectivity index (χ2n) is 6.33. The quantitative estimate of drug-likeness (QED) is 0.944. The zero-order valence-electron chi connectivity index (χ0n) is 12.0. The fourth-order valence-electron chi connectivity index (χ4n) is 3.23. The third-order valence-electron chi connectivity index (χ3n) is 4.87. The molecule has 0 atom stereocenters. The van der Waals surface area contributed by atoms with Gasteiger partial charge in [-0.1, -0.05) is 6.42 Å². The lowest BCUT2D eigenvalue weighted by Crippen LogP contribution is -2.20. The van der Waals surface area contributed by atoms with E-state index in [0.717, 1.165) is 32.1 Å². The minimum Gasteiger partial charge on any atom is -0.477 e. The van der Waals surface area contributed by atoms with Gasteiger partial charge in [-0.25, -0.2) is 9.18 Å². The van der Waals surface area contributed by atoms with Gasteiger partial charge in [0.2, 0.25) is 5.43 Å². The maximum Gasteiger partial charge on any atom is 0.341 e. The average Bonchev–Trinajstić information content (AvgIpc) is 3.23. The van der Waals surface area contributed by atoms with E-state index in [1.165, 1.54) is 12.3 Å². The Morgan fingerprint density at radius 3 is 2.50 bits per heavy atom. The topological polar surface area (TPSA) is 59.3 Å². The first-order valence-electron chi connectivity index (χ1n) is 7.68. The molecule has 5 heteroatoms. The molecule has 0 aliphatic heterocycles. The monoisotopic (exact) mass is 301 g/mol. The van der Waals surface area contributed by atoms with Gasteiger partial charge in [-0.3, -0.25) is 4.79 Å². The van der Waals surface area contributed by atoms with Crippen LogP contribution in [0.1, 0.15) is 60.0 Å². The van der Waals surface area contributed by atoms with Crippen molar-refractivity contribution in [3.05, 3.63) is 45.5 Å². The fraction of sp³-hybridized carbons (Fsp3) is 0.412. The van der Waals surface area contributed by atoms with Crippen LogP contribution in [0.15, 0.2) is 23.1 Å². The molecule has 0 amide bonds. The van der Waals surface area contributed by atoms with Gasteiger partial charge in [-0.15, -0.1) is 0 Å². The standard InChI is InChI=1S/C17H16FNO3/c18-14-6-12-15(7-11(14)9-2-1-3-9)19(10-4-5-10)8-13(16(12)20)17(21)22/h6-10H,1-5H2,(H,21,22). The van der Waals surface area contributed by atoms with Gasteiger partial charge < -0.3 is 9.67 Å². The molecule has 1 heterocycles. The van der Waals surface area contributed by atoms with E-state index in [4.69, 9.17) is 0 Å². The SMILES string of the molecule is O=C(O)c1cn(C2CC2)c2cc(C3CCC3)c(F)cc2c1=O. The van der Waals surface area contributed by atoms with E-state index in [2.05, 4.69) is 0 Å². The number of hydrogen-bond acceptors (Lipinski definition) is 2. The molecule has 114 valence electrons. The molecule has 0 bridgehead atoms. The summed E-state index contributed by atoms with van der Waals surface area (Å²) in [4.78, 5) is 23.6. The minimum atomic E-state index is -1.26. The molecule has 0 saturated heterocycles. The summed E-state index contributed by atoms with van der Waals surface area (Å²) in [5, 5.41) is 9.38. The molecule has 22 heavy (non-hydrogen) atoms. The second kappa shape index (κ2) is 4.66. The van der Waals surface area contributed by atoms with Gasteiger partial charge in [0.05, 0.1) is 5.52 Å². The van der Waals surface area contributed by atoms with Crippen molar-refractivity contribution in [3.63, 3.8) is 0 Å². The predicted octanol–water partition coefficient (Wildman–Crippen LogP) is 3.44. The third kappa shape index (κ3) is 1.95. The maximum atomic E-state index is 14.4. The number of aromatic carboxylic acids is 1. The van der Waals surface area contributed by atoms with E-state index >= 15 is 0 Å². The smallest absolute Gasteiger partial charge is 0.341 e. The first-order chi connectivity index (χ1) is 10.6. The zero-order chi connectivity index (χ0) is 15.4. The van der Waals surface area contributed by atoms with Crippen LogP contribution in [-0.4, -0.2) is 15.6 Å². The third-order valence-corrected chi connectivity index (χ3v) is 4.87. The van der Waals surface area contributed by atoms with Crippen molar-refractivity contribution >= 4 is 16.9 Å². The van der Waals surface area contributed by atoms with Gasteiger partial charge in [0, 0.05) is 17.6 Å². The highest BCUT2D eigenvalue weighted by Gasteiger charge is 2.29. The van der Waals surface area contributed by atoms with Gasteiger partial charge in [-0.2, -0.15) is 0 Å². The van der Waals surface area contributed by atoms with E-state index in [1.807, 2.05) is 4.57 Å². The Kier molecular flexibility index (Phi) is 2.86. The number of aromatic nitrogens is 1. The van der Waals surface area contributed by atoms with Crippen molar-refractivity contribution in [1.82, 2.24) is 4.57 Å². The molecular formula is C17H16FNO3. The van der Waals surface area contributed by atoms with Crippen LogP contribution >= 0.6 is 0 Å². The number of carbonyl (C=O) groups is 1. The van der Waals surface area contributed by atoms with Crippen LogP contribution in [0.2, 0.25) is 0 Å². The molecule has 2 aliphatic carbocycles. The highest BCUT2D eigenvalue weighted by atomic mass is 19.1. The molecule has 2 saturated carbocycles. The second-order valence-corrected chi connectivity index (χ2v) is 6.33. The van der Waals surface area contributed by atoms with E-state index in [9.17, 15) is 19.1 Å². The number of carboxylic acid groups (broad SMARTS) is 1. The van der Waals surface area contributed by atoms with Gasteiger partial charge in [0.25, 0.3) is 0 Å². The van der Waals surface area contributed by atoms with E-state index in [0.29, 0.717) is 11.1 Å². The summed E-state index contributed by atoms with van der Waals surface area (Å²) < 4.78 is 16.2. The summed E-state index contributed by atoms with van der Waals surface area (Å²) in [6.45, 7) is 0. The first-order valence-corrected chi connectivity index (χ1v) is 7.68. The highest BCUT2D eigenvalue weighted by molar-refractivity contribution is 5.92. The Balaban J connectivity index is 2.02. The van der Waals surface area contributed by atoms with Gasteiger partial charge >= 0.3 is 5.97 Å². The molecule has 1 N–H and O–H groups in total. The molecule has 2 aromatic rings. The number of hydrogen-bond donors (Lipinski definition) is 1. The number of fused-ring (bicyclic) bond motifs is 1. The first kappa shape index (κ1) is 13.5. The fourth-order valence-corrected chi connectivity index (χ4v) is 3.23. The number of pyridine rings is 1. The molecule has 0 radical (unpaired) electrons. The van der Waals surface area contributed by atoms with Crippen LogP contribution in [0.4, 0.5) is 4.39 Å². The van der Waals surface area contributed by atoms with Crippen LogP contribution in [0.5, 0.6) is 0 Å². The highest BCUT2D eigenvalue weighted by Crippen LogP contribution is 2.41. The molecule has 4 rings (SSSR count). The van der Waals surface area contributed by atoms with Crippen molar-refractivity contribution in [2.45, 2.75) is 44.1 Å². The number of nitrogens with zero attached hydrogens (tertiary/aromatic N) is 1. The van der Waals surface area contributed by atoms with E-state index < -0.39 is 11.4 Å². The van der Waals surface area contributed by atoms with Crippen molar-refractivity contribution in [2.75, 3.05) is 0 Å². The predicted molar refractivity (Wildman–Crippen MR) is 80.0 cm³/mol.